The molecule has 0 spiro atoms. The SMILES string of the molecule is CC(=O)OC(Cc1cc(Cl)cc(Cl)c1O)Nc1ccc(C(=O)OC2CC3CCC2(C)C3(C)C)cc1. The van der Waals surface area contributed by atoms with Crippen molar-refractivity contribution in [3.05, 3.63) is 57.6 Å². The zero-order valence-corrected chi connectivity index (χ0v) is 21.9. The Morgan fingerprint density at radius 3 is 2.43 bits per heavy atom. The number of hydrogen-bond donors (Lipinski definition) is 2. The number of carbonyl (C=O) groups excluding carboxylic acids is 2. The Labute approximate surface area is 215 Å². The minimum atomic E-state index is -0.790. The van der Waals surface area contributed by atoms with Gasteiger partial charge in [0.2, 0.25) is 0 Å². The van der Waals surface area contributed by atoms with Crippen LogP contribution in [0.4, 0.5) is 5.69 Å². The fourth-order valence-corrected chi connectivity index (χ4v) is 6.23. The van der Waals surface area contributed by atoms with E-state index >= 15 is 0 Å². The van der Waals surface area contributed by atoms with Crippen LogP contribution < -0.4 is 5.32 Å². The fraction of sp³-hybridized carbons (Fsp3) is 0.481. The molecule has 0 amide bonds. The lowest BCUT2D eigenvalue weighted by molar-refractivity contribution is -0.144. The molecule has 4 atom stereocenters. The highest BCUT2D eigenvalue weighted by Crippen LogP contribution is 2.66. The van der Waals surface area contributed by atoms with Gasteiger partial charge in [-0.25, -0.2) is 4.79 Å². The van der Waals surface area contributed by atoms with Gasteiger partial charge in [0, 0.05) is 35.0 Å². The van der Waals surface area contributed by atoms with Crippen LogP contribution >= 0.6 is 23.2 Å². The van der Waals surface area contributed by atoms with Gasteiger partial charge in [0.1, 0.15) is 11.9 Å². The Morgan fingerprint density at radius 2 is 1.86 bits per heavy atom. The van der Waals surface area contributed by atoms with Gasteiger partial charge >= 0.3 is 11.9 Å². The molecule has 2 saturated carbocycles. The molecular formula is C27H31Cl2NO5. The van der Waals surface area contributed by atoms with Gasteiger partial charge in [0.05, 0.1) is 10.6 Å². The highest BCUT2D eigenvalue weighted by atomic mass is 35.5. The predicted molar refractivity (Wildman–Crippen MR) is 136 cm³/mol. The number of benzene rings is 2. The lowest BCUT2D eigenvalue weighted by atomic mass is 9.70. The average Bonchev–Trinajstić information content (AvgIpc) is 3.10. The van der Waals surface area contributed by atoms with E-state index in [-0.39, 0.29) is 40.1 Å². The number of anilines is 1. The molecule has 4 unspecified atom stereocenters. The van der Waals surface area contributed by atoms with Crippen LogP contribution in [0.5, 0.6) is 5.75 Å². The number of rotatable bonds is 7. The number of fused-ring (bicyclic) bond motifs is 2. The third-order valence-corrected chi connectivity index (χ3v) is 8.74. The second kappa shape index (κ2) is 9.55. The molecule has 2 aromatic carbocycles. The van der Waals surface area contributed by atoms with Crippen molar-refractivity contribution in [3.63, 3.8) is 0 Å². The van der Waals surface area contributed by atoms with Crippen LogP contribution in [0, 0.1) is 16.7 Å². The number of carbonyl (C=O) groups is 2. The summed E-state index contributed by atoms with van der Waals surface area (Å²) in [5.74, 6) is -0.353. The quantitative estimate of drug-likeness (QED) is 0.316. The summed E-state index contributed by atoms with van der Waals surface area (Å²) in [6.45, 7) is 8.12. The second-order valence-electron chi connectivity index (χ2n) is 10.4. The first-order chi connectivity index (χ1) is 16.4. The summed E-state index contributed by atoms with van der Waals surface area (Å²) in [6.07, 6.45) is 2.46. The lowest BCUT2D eigenvalue weighted by Crippen LogP contribution is -2.38. The number of phenols is 1. The molecule has 188 valence electrons. The molecule has 0 heterocycles. The number of halogens is 2. The van der Waals surface area contributed by atoms with Crippen molar-refractivity contribution >= 4 is 40.8 Å². The highest BCUT2D eigenvalue weighted by Gasteiger charge is 2.62. The zero-order chi connectivity index (χ0) is 25.5. The van der Waals surface area contributed by atoms with Crippen molar-refractivity contribution in [2.75, 3.05) is 5.32 Å². The molecule has 2 aromatic rings. The smallest absolute Gasteiger partial charge is 0.338 e. The molecule has 2 fully saturated rings. The van der Waals surface area contributed by atoms with Crippen LogP contribution in [-0.2, 0) is 20.7 Å². The molecule has 2 aliphatic rings. The van der Waals surface area contributed by atoms with Crippen LogP contribution in [-0.4, -0.2) is 29.4 Å². The molecule has 0 aliphatic heterocycles. The predicted octanol–water partition coefficient (Wildman–Crippen LogP) is 6.61. The first-order valence-electron chi connectivity index (χ1n) is 11.8. The molecule has 4 rings (SSSR count). The minimum absolute atomic E-state index is 0.000857. The van der Waals surface area contributed by atoms with Crippen LogP contribution in [0.15, 0.2) is 36.4 Å². The van der Waals surface area contributed by atoms with Gasteiger partial charge < -0.3 is 19.9 Å². The van der Waals surface area contributed by atoms with E-state index in [1.807, 2.05) is 0 Å². The molecule has 35 heavy (non-hydrogen) atoms. The Kier molecular flexibility index (Phi) is 7.00. The third kappa shape index (κ3) is 4.96. The summed E-state index contributed by atoms with van der Waals surface area (Å²) in [5, 5.41) is 13.9. The number of phenolic OH excluding ortho intramolecular Hbond substituents is 1. The normalized spacial score (nSPS) is 25.2. The van der Waals surface area contributed by atoms with E-state index in [2.05, 4.69) is 26.1 Å². The van der Waals surface area contributed by atoms with Crippen LogP contribution in [0.1, 0.15) is 62.9 Å². The Balaban J connectivity index is 1.43. The summed E-state index contributed by atoms with van der Waals surface area (Å²) in [6, 6.07) is 9.83. The molecule has 0 radical (unpaired) electrons. The number of ether oxygens (including phenoxy) is 2. The summed E-state index contributed by atoms with van der Waals surface area (Å²) in [7, 11) is 0. The lowest BCUT2D eigenvalue weighted by Gasteiger charge is -2.38. The Hall–Kier alpha value is -2.44. The maximum Gasteiger partial charge on any atom is 0.338 e. The van der Waals surface area contributed by atoms with Gasteiger partial charge in [-0.05, 0) is 67.0 Å². The van der Waals surface area contributed by atoms with Gasteiger partial charge in [-0.2, -0.15) is 0 Å². The van der Waals surface area contributed by atoms with E-state index in [0.29, 0.717) is 27.8 Å². The van der Waals surface area contributed by atoms with Gasteiger partial charge in [0.25, 0.3) is 0 Å². The number of hydrogen-bond acceptors (Lipinski definition) is 6. The summed E-state index contributed by atoms with van der Waals surface area (Å²) < 4.78 is 11.4. The summed E-state index contributed by atoms with van der Waals surface area (Å²) in [4.78, 5) is 24.5. The monoisotopic (exact) mass is 519 g/mol. The van der Waals surface area contributed by atoms with Gasteiger partial charge in [0.15, 0.2) is 6.23 Å². The molecule has 2 aliphatic carbocycles. The first-order valence-corrected chi connectivity index (χ1v) is 12.6. The molecule has 0 aromatic heterocycles. The van der Waals surface area contributed by atoms with Gasteiger partial charge in [-0.15, -0.1) is 0 Å². The first kappa shape index (κ1) is 25.6. The summed E-state index contributed by atoms with van der Waals surface area (Å²) in [5.41, 5.74) is 1.69. The van der Waals surface area contributed by atoms with E-state index in [4.69, 9.17) is 32.7 Å². The Bertz CT molecular complexity index is 1130. The van der Waals surface area contributed by atoms with Gasteiger partial charge in [-0.3, -0.25) is 4.79 Å². The van der Waals surface area contributed by atoms with E-state index < -0.39 is 12.2 Å². The zero-order valence-electron chi connectivity index (χ0n) is 20.4. The van der Waals surface area contributed by atoms with E-state index in [0.717, 1.165) is 12.8 Å². The standard InChI is InChI=1S/C27H31Cl2NO5/c1-15(31)34-23(12-17-11-19(28)14-21(29)24(17)32)30-20-7-5-16(6-8-20)25(33)35-22-13-18-9-10-27(22,4)26(18,2)3/h5-8,11,14,18,22-23,30,32H,9-10,12-13H2,1-4H3. The van der Waals surface area contributed by atoms with Crippen LogP contribution in [0.25, 0.3) is 0 Å². The van der Waals surface area contributed by atoms with E-state index in [1.54, 1.807) is 30.3 Å². The molecule has 8 heteroatoms. The average molecular weight is 520 g/mol. The van der Waals surface area contributed by atoms with Gasteiger partial charge in [-0.1, -0.05) is 44.0 Å². The number of aromatic hydroxyl groups is 1. The topological polar surface area (TPSA) is 84.9 Å². The van der Waals surface area contributed by atoms with Crippen LogP contribution in [0.3, 0.4) is 0 Å². The van der Waals surface area contributed by atoms with Crippen molar-refractivity contribution in [3.8, 4) is 5.75 Å². The van der Waals surface area contributed by atoms with Crippen molar-refractivity contribution in [2.24, 2.45) is 16.7 Å². The maximum absolute atomic E-state index is 12.9. The largest absolute Gasteiger partial charge is 0.506 e. The number of esters is 2. The number of nitrogens with one attached hydrogen (secondary N) is 1. The molecular weight excluding hydrogens is 489 g/mol. The van der Waals surface area contributed by atoms with Crippen molar-refractivity contribution < 1.29 is 24.2 Å². The van der Waals surface area contributed by atoms with E-state index in [1.165, 1.54) is 19.4 Å². The molecule has 0 saturated heterocycles. The molecule has 2 bridgehead atoms. The minimum Gasteiger partial charge on any atom is -0.506 e. The Morgan fingerprint density at radius 1 is 1.17 bits per heavy atom. The van der Waals surface area contributed by atoms with E-state index in [9.17, 15) is 14.7 Å². The third-order valence-electron chi connectivity index (χ3n) is 8.23. The maximum atomic E-state index is 12.9. The van der Waals surface area contributed by atoms with Crippen LogP contribution in [0.2, 0.25) is 10.0 Å². The second-order valence-corrected chi connectivity index (χ2v) is 11.3. The van der Waals surface area contributed by atoms with Crippen molar-refractivity contribution in [1.82, 2.24) is 0 Å². The summed E-state index contributed by atoms with van der Waals surface area (Å²) >= 11 is 12.1. The highest BCUT2D eigenvalue weighted by molar-refractivity contribution is 6.35. The molecule has 6 nitrogen and oxygen atoms in total. The molecule has 2 N–H and O–H groups in total. The van der Waals surface area contributed by atoms with Crippen molar-refractivity contribution in [1.29, 1.82) is 0 Å². The fourth-order valence-electron chi connectivity index (χ4n) is 5.69. The van der Waals surface area contributed by atoms with Crippen molar-refractivity contribution in [2.45, 2.75) is 65.7 Å².